The molecule has 0 aromatic rings. The highest BCUT2D eigenvalue weighted by atomic mass is 32.2. The standard InChI is InChI=1S/C14H25NO5S/c1-3-5-11(6-4-2)21(18,19)9-12(15)14(17)20-13(16)10-7-8-10/h10-12H,3-9,15H2,1-2H3/t12-/m1/s1. The lowest BCUT2D eigenvalue weighted by Gasteiger charge is -2.18. The molecule has 1 atom stereocenters. The molecule has 0 radical (unpaired) electrons. The van der Waals surface area contributed by atoms with E-state index < -0.39 is 38.8 Å². The Labute approximate surface area is 126 Å². The number of ether oxygens (including phenoxy) is 1. The van der Waals surface area contributed by atoms with Crippen LogP contribution in [0.25, 0.3) is 0 Å². The number of nitrogens with two attached hydrogens (primary N) is 1. The number of hydrogen-bond donors (Lipinski definition) is 1. The molecule has 0 aliphatic heterocycles. The van der Waals surface area contributed by atoms with Crippen molar-refractivity contribution in [3.8, 4) is 0 Å². The summed E-state index contributed by atoms with van der Waals surface area (Å²) in [6.45, 7) is 3.83. The van der Waals surface area contributed by atoms with Crippen molar-refractivity contribution in [3.05, 3.63) is 0 Å². The zero-order valence-electron chi connectivity index (χ0n) is 12.7. The third-order valence-electron chi connectivity index (χ3n) is 3.56. The van der Waals surface area contributed by atoms with Crippen molar-refractivity contribution in [1.82, 2.24) is 0 Å². The maximum Gasteiger partial charge on any atom is 0.331 e. The highest BCUT2D eigenvalue weighted by Crippen LogP contribution is 2.30. The summed E-state index contributed by atoms with van der Waals surface area (Å²) in [4.78, 5) is 23.0. The molecule has 7 heteroatoms. The van der Waals surface area contributed by atoms with Gasteiger partial charge in [-0.2, -0.15) is 0 Å². The zero-order chi connectivity index (χ0) is 16.0. The van der Waals surface area contributed by atoms with Crippen LogP contribution in [0.3, 0.4) is 0 Å². The molecule has 0 aromatic carbocycles. The Hall–Kier alpha value is -0.950. The minimum atomic E-state index is -3.47. The van der Waals surface area contributed by atoms with Gasteiger partial charge in [0.05, 0.1) is 16.9 Å². The van der Waals surface area contributed by atoms with Crippen LogP contribution in [0, 0.1) is 5.92 Å². The Morgan fingerprint density at radius 3 is 2.14 bits per heavy atom. The van der Waals surface area contributed by atoms with E-state index >= 15 is 0 Å². The highest BCUT2D eigenvalue weighted by molar-refractivity contribution is 7.92. The second-order valence-corrected chi connectivity index (χ2v) is 7.98. The Morgan fingerprint density at radius 2 is 1.71 bits per heavy atom. The van der Waals surface area contributed by atoms with Gasteiger partial charge in [0, 0.05) is 0 Å². The Kier molecular flexibility index (Phi) is 6.80. The topological polar surface area (TPSA) is 104 Å². The molecule has 1 saturated carbocycles. The largest absolute Gasteiger partial charge is 0.392 e. The van der Waals surface area contributed by atoms with Crippen molar-refractivity contribution in [3.63, 3.8) is 0 Å². The third kappa shape index (κ3) is 5.74. The molecule has 122 valence electrons. The summed E-state index contributed by atoms with van der Waals surface area (Å²) in [6.07, 6.45) is 4.05. The van der Waals surface area contributed by atoms with Crippen LogP contribution >= 0.6 is 0 Å². The van der Waals surface area contributed by atoms with Gasteiger partial charge < -0.3 is 10.5 Å². The summed E-state index contributed by atoms with van der Waals surface area (Å²) in [5, 5.41) is -0.481. The van der Waals surface area contributed by atoms with E-state index in [4.69, 9.17) is 5.73 Å². The van der Waals surface area contributed by atoms with Crippen LogP contribution < -0.4 is 5.73 Å². The number of sulfone groups is 1. The number of esters is 2. The highest BCUT2D eigenvalue weighted by Gasteiger charge is 2.35. The number of carbonyl (C=O) groups excluding carboxylic acids is 2. The fraction of sp³-hybridized carbons (Fsp3) is 0.857. The second-order valence-electron chi connectivity index (χ2n) is 5.65. The second kappa shape index (κ2) is 7.89. The molecular formula is C14H25NO5S. The van der Waals surface area contributed by atoms with E-state index in [1.807, 2.05) is 13.8 Å². The fourth-order valence-corrected chi connectivity index (χ4v) is 4.28. The summed E-state index contributed by atoms with van der Waals surface area (Å²) in [5.74, 6) is -2.21. The van der Waals surface area contributed by atoms with E-state index in [2.05, 4.69) is 4.74 Å². The smallest absolute Gasteiger partial charge is 0.331 e. The molecular weight excluding hydrogens is 294 g/mol. The molecule has 0 saturated heterocycles. The van der Waals surface area contributed by atoms with Crippen molar-refractivity contribution >= 4 is 21.8 Å². The molecule has 0 heterocycles. The van der Waals surface area contributed by atoms with Crippen molar-refractivity contribution in [2.45, 2.75) is 63.7 Å². The number of rotatable bonds is 9. The SMILES string of the molecule is CCCC(CCC)S(=O)(=O)C[C@@H](N)C(=O)OC(=O)C1CC1. The van der Waals surface area contributed by atoms with Gasteiger partial charge in [0.2, 0.25) is 0 Å². The first kappa shape index (κ1) is 18.1. The van der Waals surface area contributed by atoms with Gasteiger partial charge in [-0.15, -0.1) is 0 Å². The van der Waals surface area contributed by atoms with Crippen molar-refractivity contribution in [2.24, 2.45) is 11.7 Å². The lowest BCUT2D eigenvalue weighted by atomic mass is 10.2. The van der Waals surface area contributed by atoms with Gasteiger partial charge in [-0.3, -0.25) is 4.79 Å². The first-order valence-electron chi connectivity index (χ1n) is 7.54. The normalized spacial score (nSPS) is 16.8. The van der Waals surface area contributed by atoms with Crippen molar-refractivity contribution in [2.75, 3.05) is 5.75 Å². The Morgan fingerprint density at radius 1 is 1.19 bits per heavy atom. The van der Waals surface area contributed by atoms with Crippen LogP contribution in [0.2, 0.25) is 0 Å². The molecule has 0 aromatic heterocycles. The first-order valence-corrected chi connectivity index (χ1v) is 9.26. The predicted molar refractivity (Wildman–Crippen MR) is 79.2 cm³/mol. The molecule has 0 spiro atoms. The summed E-state index contributed by atoms with van der Waals surface area (Å²) in [5.41, 5.74) is 5.60. The summed E-state index contributed by atoms with van der Waals surface area (Å²) < 4.78 is 29.2. The average Bonchev–Trinajstić information content (AvgIpc) is 3.22. The van der Waals surface area contributed by atoms with Crippen LogP contribution in [-0.4, -0.2) is 37.4 Å². The number of carbonyl (C=O) groups is 2. The number of hydrogen-bond acceptors (Lipinski definition) is 6. The van der Waals surface area contributed by atoms with Gasteiger partial charge in [-0.05, 0) is 25.7 Å². The monoisotopic (exact) mass is 319 g/mol. The van der Waals surface area contributed by atoms with E-state index in [1.165, 1.54) is 0 Å². The van der Waals surface area contributed by atoms with E-state index in [1.54, 1.807) is 0 Å². The molecule has 1 aliphatic carbocycles. The summed E-state index contributed by atoms with van der Waals surface area (Å²) in [7, 11) is -3.47. The lowest BCUT2D eigenvalue weighted by Crippen LogP contribution is -2.42. The van der Waals surface area contributed by atoms with Crippen LogP contribution in [0.1, 0.15) is 52.4 Å². The van der Waals surface area contributed by atoms with E-state index in [0.717, 1.165) is 12.8 Å². The van der Waals surface area contributed by atoms with Crippen LogP contribution in [0.15, 0.2) is 0 Å². The molecule has 1 aliphatic rings. The Bertz CT molecular complexity index is 464. The third-order valence-corrected chi connectivity index (χ3v) is 5.87. The van der Waals surface area contributed by atoms with Crippen LogP contribution in [-0.2, 0) is 24.2 Å². The maximum absolute atomic E-state index is 12.3. The van der Waals surface area contributed by atoms with E-state index in [-0.39, 0.29) is 5.92 Å². The van der Waals surface area contributed by atoms with Crippen molar-refractivity contribution < 1.29 is 22.7 Å². The minimum absolute atomic E-state index is 0.217. The molecule has 0 amide bonds. The Balaban J connectivity index is 2.58. The molecule has 2 N–H and O–H groups in total. The van der Waals surface area contributed by atoms with Crippen molar-refractivity contribution in [1.29, 1.82) is 0 Å². The van der Waals surface area contributed by atoms with Crippen LogP contribution in [0.5, 0.6) is 0 Å². The molecule has 1 fully saturated rings. The first-order chi connectivity index (χ1) is 9.81. The predicted octanol–water partition coefficient (Wildman–Crippen LogP) is 1.18. The molecule has 21 heavy (non-hydrogen) atoms. The molecule has 0 bridgehead atoms. The molecule has 0 unspecified atom stereocenters. The van der Waals surface area contributed by atoms with Gasteiger partial charge in [0.25, 0.3) is 0 Å². The lowest BCUT2D eigenvalue weighted by molar-refractivity contribution is -0.161. The van der Waals surface area contributed by atoms with Crippen LogP contribution in [0.4, 0.5) is 0 Å². The van der Waals surface area contributed by atoms with Gasteiger partial charge >= 0.3 is 11.9 Å². The quantitative estimate of drug-likeness (QED) is 0.505. The average molecular weight is 319 g/mol. The van der Waals surface area contributed by atoms with Gasteiger partial charge in [-0.25, -0.2) is 13.2 Å². The zero-order valence-corrected chi connectivity index (χ0v) is 13.5. The van der Waals surface area contributed by atoms with E-state index in [9.17, 15) is 18.0 Å². The minimum Gasteiger partial charge on any atom is -0.392 e. The maximum atomic E-state index is 12.3. The summed E-state index contributed by atoms with van der Waals surface area (Å²) in [6, 6.07) is -1.30. The van der Waals surface area contributed by atoms with Gasteiger partial charge in [0.15, 0.2) is 9.84 Å². The van der Waals surface area contributed by atoms with E-state index in [0.29, 0.717) is 25.7 Å². The van der Waals surface area contributed by atoms with Gasteiger partial charge in [-0.1, -0.05) is 26.7 Å². The van der Waals surface area contributed by atoms with Gasteiger partial charge in [0.1, 0.15) is 6.04 Å². The molecule has 6 nitrogen and oxygen atoms in total. The summed E-state index contributed by atoms with van der Waals surface area (Å²) >= 11 is 0. The fourth-order valence-electron chi connectivity index (χ4n) is 2.18. The molecule has 1 rings (SSSR count).